The molecule has 0 aromatic heterocycles. The number of para-hydroxylation sites is 1. The van der Waals surface area contributed by atoms with Crippen molar-refractivity contribution in [2.75, 3.05) is 4.90 Å². The quantitative estimate of drug-likeness (QED) is 0.866. The van der Waals surface area contributed by atoms with Crippen LogP contribution in [0.15, 0.2) is 29.3 Å². The Kier molecular flexibility index (Phi) is 5.19. The molecule has 3 rings (SSSR count). The number of halogens is 1. The molecule has 0 spiro atoms. The number of nitrogens with zero attached hydrogens (tertiary/aromatic N) is 1. The molecule has 4 nitrogen and oxygen atoms in total. The maximum atomic E-state index is 12.5. The molecule has 3 N–H and O–H groups in total. The van der Waals surface area contributed by atoms with Crippen molar-refractivity contribution in [2.45, 2.75) is 44.6 Å². The highest BCUT2D eigenvalue weighted by molar-refractivity contribution is 8.03. The Balaban J connectivity index is 1.84. The first kappa shape index (κ1) is 16.7. The molecule has 0 bridgehead atoms. The van der Waals surface area contributed by atoms with Crippen molar-refractivity contribution in [2.24, 2.45) is 11.7 Å². The van der Waals surface area contributed by atoms with E-state index >= 15 is 0 Å². The molecule has 124 valence electrons. The van der Waals surface area contributed by atoms with Crippen LogP contribution in [0.3, 0.4) is 0 Å². The molecule has 1 unspecified atom stereocenters. The van der Waals surface area contributed by atoms with Crippen molar-refractivity contribution in [3.05, 3.63) is 39.9 Å². The van der Waals surface area contributed by atoms with Crippen molar-refractivity contribution in [1.29, 1.82) is 0 Å². The molecule has 1 aliphatic heterocycles. The van der Waals surface area contributed by atoms with Crippen molar-refractivity contribution in [3.63, 3.8) is 0 Å². The summed E-state index contributed by atoms with van der Waals surface area (Å²) < 4.78 is 0. The van der Waals surface area contributed by atoms with Gasteiger partial charge < -0.3 is 16.0 Å². The minimum absolute atomic E-state index is 0.148. The molecule has 0 radical (unpaired) electrons. The molecular weight excluding hydrogens is 330 g/mol. The zero-order valence-electron chi connectivity index (χ0n) is 13.2. The van der Waals surface area contributed by atoms with E-state index in [-0.39, 0.29) is 17.3 Å². The Morgan fingerprint density at radius 2 is 2.17 bits per heavy atom. The Morgan fingerprint density at radius 3 is 2.87 bits per heavy atom. The number of carbonyl (C=O) groups is 1. The molecule has 1 aromatic carbocycles. The van der Waals surface area contributed by atoms with E-state index in [1.54, 1.807) is 11.8 Å². The summed E-state index contributed by atoms with van der Waals surface area (Å²) in [5.74, 6) is 0.299. The highest BCUT2D eigenvalue weighted by Crippen LogP contribution is 2.40. The number of nitrogens with two attached hydrogens (primary N) is 1. The van der Waals surface area contributed by atoms with Crippen LogP contribution in [0.25, 0.3) is 0 Å². The summed E-state index contributed by atoms with van der Waals surface area (Å²) in [6.45, 7) is 2.44. The number of hydrogen-bond donors (Lipinski definition) is 2. The van der Waals surface area contributed by atoms with Gasteiger partial charge in [0.05, 0.1) is 10.7 Å². The number of hydrogen-bond acceptors (Lipinski definition) is 4. The standard InChI is InChI=1S/C17H22ClN3OS/c1-11-10-23-17(20-16(22)12-5-2-3-6-12)21(11)15-13(9-19)7-4-8-14(15)18/h4,7-8,10,12,17H,2-3,5-6,9,19H2,1H3,(H,20,22). The summed E-state index contributed by atoms with van der Waals surface area (Å²) in [6.07, 6.45) is 4.29. The lowest BCUT2D eigenvalue weighted by molar-refractivity contribution is -0.124. The van der Waals surface area contributed by atoms with Crippen LogP contribution in [0, 0.1) is 5.92 Å². The van der Waals surface area contributed by atoms with Gasteiger partial charge in [-0.15, -0.1) is 0 Å². The molecular formula is C17H22ClN3OS. The highest BCUT2D eigenvalue weighted by atomic mass is 35.5. The number of nitrogens with one attached hydrogen (secondary N) is 1. The molecule has 1 atom stereocenters. The average Bonchev–Trinajstić information content (AvgIpc) is 3.18. The second kappa shape index (κ2) is 7.16. The van der Waals surface area contributed by atoms with Crippen molar-refractivity contribution >= 4 is 35.0 Å². The smallest absolute Gasteiger partial charge is 0.225 e. The van der Waals surface area contributed by atoms with Gasteiger partial charge in [-0.2, -0.15) is 0 Å². The second-order valence-corrected chi connectivity index (χ2v) is 7.42. The molecule has 2 aliphatic rings. The summed E-state index contributed by atoms with van der Waals surface area (Å²) in [4.78, 5) is 14.6. The third-order valence-electron chi connectivity index (χ3n) is 4.50. The SMILES string of the molecule is CC1=CSC(NC(=O)C2CCCC2)N1c1c(Cl)cccc1CN. The molecule has 1 heterocycles. The van der Waals surface area contributed by atoms with E-state index in [2.05, 4.69) is 15.6 Å². The van der Waals surface area contributed by atoms with E-state index < -0.39 is 0 Å². The van der Waals surface area contributed by atoms with Gasteiger partial charge in [0.2, 0.25) is 5.91 Å². The summed E-state index contributed by atoms with van der Waals surface area (Å²) in [7, 11) is 0. The summed E-state index contributed by atoms with van der Waals surface area (Å²) in [6, 6.07) is 5.75. The Morgan fingerprint density at radius 1 is 1.43 bits per heavy atom. The van der Waals surface area contributed by atoms with Gasteiger partial charge in [0.1, 0.15) is 0 Å². The van der Waals surface area contributed by atoms with Gasteiger partial charge in [-0.3, -0.25) is 4.79 Å². The second-order valence-electron chi connectivity index (χ2n) is 6.06. The van der Waals surface area contributed by atoms with Gasteiger partial charge >= 0.3 is 0 Å². The van der Waals surface area contributed by atoms with Crippen molar-refractivity contribution in [3.8, 4) is 0 Å². The van der Waals surface area contributed by atoms with Gasteiger partial charge in [-0.25, -0.2) is 0 Å². The van der Waals surface area contributed by atoms with Crippen LogP contribution < -0.4 is 16.0 Å². The number of rotatable bonds is 4. The molecule has 1 aromatic rings. The maximum Gasteiger partial charge on any atom is 0.225 e. The van der Waals surface area contributed by atoms with E-state index in [0.717, 1.165) is 42.6 Å². The minimum Gasteiger partial charge on any atom is -0.326 e. The van der Waals surface area contributed by atoms with Crippen LogP contribution in [-0.2, 0) is 11.3 Å². The molecule has 0 saturated heterocycles. The first-order valence-electron chi connectivity index (χ1n) is 8.01. The summed E-state index contributed by atoms with van der Waals surface area (Å²) in [5, 5.41) is 5.89. The first-order chi connectivity index (χ1) is 11.1. The molecule has 6 heteroatoms. The zero-order chi connectivity index (χ0) is 16.4. The number of amides is 1. The van der Waals surface area contributed by atoms with Gasteiger partial charge in [-0.05, 0) is 36.8 Å². The zero-order valence-corrected chi connectivity index (χ0v) is 14.8. The number of benzene rings is 1. The Labute approximate surface area is 146 Å². The number of allylic oxidation sites excluding steroid dienone is 1. The fraction of sp³-hybridized carbons (Fsp3) is 0.471. The largest absolute Gasteiger partial charge is 0.326 e. The summed E-state index contributed by atoms with van der Waals surface area (Å²) >= 11 is 8.04. The van der Waals surface area contributed by atoms with E-state index in [0.29, 0.717) is 11.6 Å². The Hall–Kier alpha value is -1.17. The van der Waals surface area contributed by atoms with Crippen LogP contribution in [0.1, 0.15) is 38.2 Å². The molecule has 1 aliphatic carbocycles. The van der Waals surface area contributed by atoms with Crippen molar-refractivity contribution in [1.82, 2.24) is 5.32 Å². The van der Waals surface area contributed by atoms with Crippen LogP contribution in [-0.4, -0.2) is 11.4 Å². The van der Waals surface area contributed by atoms with E-state index in [1.807, 2.05) is 25.1 Å². The number of carbonyl (C=O) groups excluding carboxylic acids is 1. The van der Waals surface area contributed by atoms with Crippen LogP contribution in [0.2, 0.25) is 5.02 Å². The third kappa shape index (κ3) is 3.37. The van der Waals surface area contributed by atoms with Gasteiger partial charge in [0.15, 0.2) is 5.50 Å². The lowest BCUT2D eigenvalue weighted by Gasteiger charge is -2.31. The first-order valence-corrected chi connectivity index (χ1v) is 9.33. The summed E-state index contributed by atoms with van der Waals surface area (Å²) in [5.41, 5.74) is 8.66. The molecule has 1 saturated carbocycles. The lowest BCUT2D eigenvalue weighted by Crippen LogP contribution is -2.45. The normalized spacial score (nSPS) is 21.6. The van der Waals surface area contributed by atoms with Crippen LogP contribution >= 0.6 is 23.4 Å². The Bertz CT molecular complexity index is 628. The topological polar surface area (TPSA) is 58.4 Å². The predicted octanol–water partition coefficient (Wildman–Crippen LogP) is 3.80. The predicted molar refractivity (Wildman–Crippen MR) is 97.1 cm³/mol. The van der Waals surface area contributed by atoms with E-state index in [1.165, 1.54) is 0 Å². The van der Waals surface area contributed by atoms with Gasteiger partial charge in [0.25, 0.3) is 0 Å². The monoisotopic (exact) mass is 351 g/mol. The fourth-order valence-electron chi connectivity index (χ4n) is 3.28. The van der Waals surface area contributed by atoms with E-state index in [4.69, 9.17) is 17.3 Å². The molecule has 23 heavy (non-hydrogen) atoms. The van der Waals surface area contributed by atoms with Crippen molar-refractivity contribution < 1.29 is 4.79 Å². The minimum atomic E-state index is -0.159. The number of thioether (sulfide) groups is 1. The highest BCUT2D eigenvalue weighted by Gasteiger charge is 2.32. The number of anilines is 1. The van der Waals surface area contributed by atoms with Gasteiger partial charge in [0, 0.05) is 18.2 Å². The lowest BCUT2D eigenvalue weighted by atomic mass is 10.1. The molecule has 1 fully saturated rings. The van der Waals surface area contributed by atoms with Gasteiger partial charge in [-0.1, -0.05) is 48.3 Å². The van der Waals surface area contributed by atoms with Crippen LogP contribution in [0.5, 0.6) is 0 Å². The maximum absolute atomic E-state index is 12.5. The van der Waals surface area contributed by atoms with E-state index in [9.17, 15) is 4.79 Å². The van der Waals surface area contributed by atoms with Crippen LogP contribution in [0.4, 0.5) is 5.69 Å². The third-order valence-corrected chi connectivity index (χ3v) is 5.87. The molecule has 1 amide bonds. The average molecular weight is 352 g/mol. The fourth-order valence-corrected chi connectivity index (χ4v) is 4.58.